The molecule has 10 heteroatoms. The number of aromatic nitrogens is 2. The molecular weight excluding hydrogens is 452 g/mol. The summed E-state index contributed by atoms with van der Waals surface area (Å²) >= 11 is 4.65. The van der Waals surface area contributed by atoms with Crippen molar-refractivity contribution in [3.8, 4) is 0 Å². The van der Waals surface area contributed by atoms with Crippen LogP contribution in [-0.2, 0) is 16.4 Å². The highest BCUT2D eigenvalue weighted by Crippen LogP contribution is 2.25. The van der Waals surface area contributed by atoms with E-state index in [1.807, 2.05) is 0 Å². The second kappa shape index (κ2) is 9.72. The largest absolute Gasteiger partial charge is 0.296 e. The number of hydrogen-bond acceptors (Lipinski definition) is 6. The Labute approximate surface area is 172 Å². The molecule has 0 saturated heterocycles. The molecule has 0 atom stereocenters. The number of nitrogens with zero attached hydrogens (tertiary/aromatic N) is 3. The summed E-state index contributed by atoms with van der Waals surface area (Å²) in [5, 5.41) is 12.0. The van der Waals surface area contributed by atoms with Gasteiger partial charge in [0.25, 0.3) is 5.91 Å². The van der Waals surface area contributed by atoms with Crippen LogP contribution in [0.2, 0.25) is 0 Å². The number of carbonyl (C=O) groups excluding carboxylic acids is 1. The molecule has 1 heterocycles. The fraction of sp³-hybridized carbons (Fsp3) is 0.471. The van der Waals surface area contributed by atoms with Crippen LogP contribution >= 0.6 is 27.3 Å². The Balaban J connectivity index is 2.25. The Morgan fingerprint density at radius 1 is 1.22 bits per heavy atom. The van der Waals surface area contributed by atoms with E-state index in [-0.39, 0.29) is 10.5 Å². The van der Waals surface area contributed by atoms with Gasteiger partial charge >= 0.3 is 0 Å². The number of nitrogens with one attached hydrogen (secondary N) is 1. The average Bonchev–Trinajstić information content (AvgIpc) is 3.08. The maximum Gasteiger partial charge on any atom is 0.258 e. The molecule has 1 aromatic carbocycles. The molecular formula is C17H23BrN4O3S2. The van der Waals surface area contributed by atoms with Crippen LogP contribution in [0, 0.1) is 0 Å². The Hall–Kier alpha value is -1.36. The number of benzene rings is 1. The van der Waals surface area contributed by atoms with Gasteiger partial charge in [0, 0.05) is 24.0 Å². The van der Waals surface area contributed by atoms with Gasteiger partial charge < -0.3 is 0 Å². The summed E-state index contributed by atoms with van der Waals surface area (Å²) in [6.45, 7) is 6.38. The topological polar surface area (TPSA) is 92.3 Å². The Morgan fingerprint density at radius 3 is 2.56 bits per heavy atom. The van der Waals surface area contributed by atoms with Crippen molar-refractivity contribution in [3.05, 3.63) is 33.2 Å². The van der Waals surface area contributed by atoms with Gasteiger partial charge in [-0.25, -0.2) is 8.42 Å². The zero-order valence-corrected chi connectivity index (χ0v) is 18.7. The van der Waals surface area contributed by atoms with E-state index in [2.05, 4.69) is 38.4 Å². The molecule has 0 fully saturated rings. The number of carbonyl (C=O) groups is 1. The van der Waals surface area contributed by atoms with Crippen molar-refractivity contribution in [3.63, 3.8) is 0 Å². The number of rotatable bonds is 9. The highest BCUT2D eigenvalue weighted by molar-refractivity contribution is 9.10. The van der Waals surface area contributed by atoms with Crippen LogP contribution in [0.5, 0.6) is 0 Å². The second-order valence-corrected chi connectivity index (χ2v) is 9.64. The molecule has 1 aromatic heterocycles. The molecule has 1 N–H and O–H groups in total. The molecule has 0 spiro atoms. The molecule has 27 heavy (non-hydrogen) atoms. The molecule has 2 rings (SSSR count). The fourth-order valence-electron chi connectivity index (χ4n) is 2.45. The summed E-state index contributed by atoms with van der Waals surface area (Å²) in [4.78, 5) is 12.7. The highest BCUT2D eigenvalue weighted by atomic mass is 79.9. The molecule has 1 amide bonds. The van der Waals surface area contributed by atoms with E-state index in [0.29, 0.717) is 22.7 Å². The minimum atomic E-state index is -3.65. The van der Waals surface area contributed by atoms with E-state index in [0.717, 1.165) is 24.3 Å². The van der Waals surface area contributed by atoms with Gasteiger partial charge in [0.15, 0.2) is 0 Å². The third kappa shape index (κ3) is 5.34. The molecule has 148 valence electrons. The maximum absolute atomic E-state index is 12.7. The normalized spacial score (nSPS) is 11.7. The van der Waals surface area contributed by atoms with Gasteiger partial charge in [-0.05, 0) is 40.5 Å². The van der Waals surface area contributed by atoms with Gasteiger partial charge in [-0.3, -0.25) is 10.1 Å². The zero-order chi connectivity index (χ0) is 20.0. The van der Waals surface area contributed by atoms with E-state index in [9.17, 15) is 13.2 Å². The Morgan fingerprint density at radius 2 is 1.93 bits per heavy atom. The van der Waals surface area contributed by atoms with Crippen molar-refractivity contribution < 1.29 is 13.2 Å². The average molecular weight is 475 g/mol. The molecule has 0 aliphatic carbocycles. The predicted molar refractivity (Wildman–Crippen MR) is 111 cm³/mol. The monoisotopic (exact) mass is 474 g/mol. The van der Waals surface area contributed by atoms with Gasteiger partial charge in [0.05, 0.1) is 10.5 Å². The van der Waals surface area contributed by atoms with Gasteiger partial charge in [-0.15, -0.1) is 10.2 Å². The molecule has 0 aliphatic heterocycles. The van der Waals surface area contributed by atoms with Crippen LogP contribution in [0.1, 0.15) is 49.0 Å². The van der Waals surface area contributed by atoms with E-state index < -0.39 is 15.9 Å². The molecule has 0 unspecified atom stereocenters. The third-order valence-corrected chi connectivity index (χ3v) is 7.59. The number of anilines is 1. The van der Waals surface area contributed by atoms with Gasteiger partial charge in [-0.1, -0.05) is 38.5 Å². The second-order valence-electron chi connectivity index (χ2n) is 5.79. The van der Waals surface area contributed by atoms with Crippen LogP contribution in [0.15, 0.2) is 27.6 Å². The lowest BCUT2D eigenvalue weighted by Gasteiger charge is -2.19. The van der Waals surface area contributed by atoms with E-state index >= 15 is 0 Å². The Bertz CT molecular complexity index is 895. The standard InChI is InChI=1S/C17H23BrN4O3S2/c1-4-7-8-15-20-21-17(26-15)19-16(23)13-11-12(9-10-14(13)18)27(24,25)22(5-2)6-3/h9-11H,4-8H2,1-3H3,(H,19,21,23). The number of sulfonamides is 1. The summed E-state index contributed by atoms with van der Waals surface area (Å²) in [5.41, 5.74) is 0.230. The fourth-order valence-corrected chi connectivity index (χ4v) is 5.14. The molecule has 2 aromatic rings. The lowest BCUT2D eigenvalue weighted by molar-refractivity contribution is 0.102. The summed E-state index contributed by atoms with van der Waals surface area (Å²) in [6.07, 6.45) is 2.90. The van der Waals surface area contributed by atoms with E-state index in [1.165, 1.54) is 27.8 Å². The summed E-state index contributed by atoms with van der Waals surface area (Å²) in [5.74, 6) is -0.434. The molecule has 0 radical (unpaired) electrons. The first kappa shape index (κ1) is 21.9. The molecule has 0 aliphatic rings. The number of halogens is 1. The Kier molecular flexibility index (Phi) is 7.90. The first-order chi connectivity index (χ1) is 12.8. The SMILES string of the molecule is CCCCc1nnc(NC(=O)c2cc(S(=O)(=O)N(CC)CC)ccc2Br)s1. The van der Waals surface area contributed by atoms with Crippen molar-refractivity contribution in [2.75, 3.05) is 18.4 Å². The minimum absolute atomic E-state index is 0.0837. The number of hydrogen-bond donors (Lipinski definition) is 1. The van der Waals surface area contributed by atoms with Crippen molar-refractivity contribution in [1.82, 2.24) is 14.5 Å². The summed E-state index contributed by atoms with van der Waals surface area (Å²) in [7, 11) is -3.65. The summed E-state index contributed by atoms with van der Waals surface area (Å²) < 4.78 is 27.3. The van der Waals surface area contributed by atoms with Crippen molar-refractivity contribution in [2.45, 2.75) is 44.9 Å². The van der Waals surface area contributed by atoms with Crippen molar-refractivity contribution in [2.24, 2.45) is 0 Å². The lowest BCUT2D eigenvalue weighted by atomic mass is 10.2. The number of amides is 1. The zero-order valence-electron chi connectivity index (χ0n) is 15.5. The maximum atomic E-state index is 12.7. The van der Waals surface area contributed by atoms with E-state index in [1.54, 1.807) is 19.9 Å². The molecule has 7 nitrogen and oxygen atoms in total. The highest BCUT2D eigenvalue weighted by Gasteiger charge is 2.24. The van der Waals surface area contributed by atoms with Crippen LogP contribution in [0.25, 0.3) is 0 Å². The van der Waals surface area contributed by atoms with Crippen molar-refractivity contribution in [1.29, 1.82) is 0 Å². The third-order valence-electron chi connectivity index (χ3n) is 3.96. The minimum Gasteiger partial charge on any atom is -0.296 e. The van der Waals surface area contributed by atoms with Gasteiger partial charge in [0.1, 0.15) is 5.01 Å². The lowest BCUT2D eigenvalue weighted by Crippen LogP contribution is -2.30. The number of aryl methyl sites for hydroxylation is 1. The van der Waals surface area contributed by atoms with Crippen LogP contribution in [0.3, 0.4) is 0 Å². The molecule has 0 saturated carbocycles. The van der Waals surface area contributed by atoms with Crippen LogP contribution in [0.4, 0.5) is 5.13 Å². The quantitative estimate of drug-likeness (QED) is 0.594. The van der Waals surface area contributed by atoms with Gasteiger partial charge in [-0.2, -0.15) is 4.31 Å². The first-order valence-electron chi connectivity index (χ1n) is 8.76. The van der Waals surface area contributed by atoms with Gasteiger partial charge in [0.2, 0.25) is 15.2 Å². The first-order valence-corrected chi connectivity index (χ1v) is 11.8. The van der Waals surface area contributed by atoms with Crippen LogP contribution in [-0.4, -0.2) is 41.9 Å². The number of unbranched alkanes of at least 4 members (excludes halogenated alkanes) is 1. The summed E-state index contributed by atoms with van der Waals surface area (Å²) in [6, 6.07) is 4.44. The van der Waals surface area contributed by atoms with Crippen molar-refractivity contribution >= 4 is 48.3 Å². The predicted octanol–water partition coefficient (Wildman–Crippen LogP) is 3.93. The molecule has 0 bridgehead atoms. The van der Waals surface area contributed by atoms with E-state index in [4.69, 9.17) is 0 Å². The van der Waals surface area contributed by atoms with Crippen LogP contribution < -0.4 is 5.32 Å². The smallest absolute Gasteiger partial charge is 0.258 e.